The molecule has 0 aliphatic heterocycles. The van der Waals surface area contributed by atoms with Crippen molar-refractivity contribution in [2.45, 2.75) is 52.0 Å². The van der Waals surface area contributed by atoms with Crippen molar-refractivity contribution < 1.29 is 14.3 Å². The van der Waals surface area contributed by atoms with Gasteiger partial charge >= 0.3 is 6.09 Å². The zero-order valence-corrected chi connectivity index (χ0v) is 20.1. The second-order valence-electron chi connectivity index (χ2n) is 9.87. The fraction of sp³-hybridized carbons (Fsp3) is 0.429. The van der Waals surface area contributed by atoms with Crippen LogP contribution in [0.4, 0.5) is 10.5 Å². The van der Waals surface area contributed by atoms with E-state index in [0.29, 0.717) is 24.8 Å². The highest BCUT2D eigenvalue weighted by Gasteiger charge is 2.39. The Balaban J connectivity index is 1.49. The number of carbonyl (C=O) groups is 1. The van der Waals surface area contributed by atoms with E-state index in [9.17, 15) is 10.1 Å². The minimum Gasteiger partial charge on any atom is -0.494 e. The third-order valence-electron chi connectivity index (χ3n) is 7.29. The molecule has 2 aliphatic rings. The second kappa shape index (κ2) is 8.72. The molecular formula is C28H31N3O3. The van der Waals surface area contributed by atoms with Crippen LogP contribution in [0.5, 0.6) is 5.75 Å². The van der Waals surface area contributed by atoms with Crippen LogP contribution in [0.2, 0.25) is 0 Å². The molecule has 0 atom stereocenters. The van der Waals surface area contributed by atoms with E-state index in [1.807, 2.05) is 43.3 Å². The van der Waals surface area contributed by atoms with Gasteiger partial charge in [0.2, 0.25) is 0 Å². The van der Waals surface area contributed by atoms with Gasteiger partial charge in [-0.2, -0.15) is 5.26 Å². The molecule has 0 radical (unpaired) electrons. The highest BCUT2D eigenvalue weighted by Crippen LogP contribution is 2.45. The first-order valence-electron chi connectivity index (χ1n) is 12.2. The average molecular weight is 458 g/mol. The monoisotopic (exact) mass is 457 g/mol. The van der Waals surface area contributed by atoms with Gasteiger partial charge in [-0.05, 0) is 68.9 Å². The lowest BCUT2D eigenvalue weighted by Gasteiger charge is -2.30. The van der Waals surface area contributed by atoms with Crippen molar-refractivity contribution in [2.24, 2.45) is 5.41 Å². The average Bonchev–Trinajstić information content (AvgIpc) is 3.47. The number of ether oxygens (including phenoxy) is 2. The molecule has 0 unspecified atom stereocenters. The number of carbonyl (C=O) groups excluding carboxylic acids is 1. The number of hydrogen-bond acceptors (Lipinski definition) is 4. The minimum atomic E-state index is -0.342. The number of aromatic nitrogens is 1. The molecule has 34 heavy (non-hydrogen) atoms. The van der Waals surface area contributed by atoms with E-state index in [1.54, 1.807) is 7.05 Å². The molecule has 6 nitrogen and oxygen atoms in total. The Bertz CT molecular complexity index is 1260. The molecule has 0 bridgehead atoms. The largest absolute Gasteiger partial charge is 0.494 e. The van der Waals surface area contributed by atoms with Crippen LogP contribution in [0.3, 0.4) is 0 Å². The fourth-order valence-electron chi connectivity index (χ4n) is 4.61. The van der Waals surface area contributed by atoms with Crippen molar-refractivity contribution in [3.05, 3.63) is 48.0 Å². The Labute approximate surface area is 200 Å². The van der Waals surface area contributed by atoms with E-state index in [0.717, 1.165) is 59.3 Å². The molecule has 176 valence electrons. The molecule has 2 aliphatic carbocycles. The SMILES string of the molecule is CCOc1ccc2c(C#N)c(-c3ccc(N(C)C(=O)OCC4(C)CC4)cc3)n(C3CCC3)c2c1. The molecule has 2 aromatic carbocycles. The summed E-state index contributed by atoms with van der Waals surface area (Å²) in [4.78, 5) is 14.0. The van der Waals surface area contributed by atoms with Crippen LogP contribution < -0.4 is 9.64 Å². The van der Waals surface area contributed by atoms with Gasteiger partial charge in [0.15, 0.2) is 0 Å². The van der Waals surface area contributed by atoms with Gasteiger partial charge in [-0.3, -0.25) is 4.90 Å². The first-order chi connectivity index (χ1) is 16.4. The Morgan fingerprint density at radius 2 is 1.94 bits per heavy atom. The number of benzene rings is 2. The van der Waals surface area contributed by atoms with E-state index < -0.39 is 0 Å². The topological polar surface area (TPSA) is 67.5 Å². The second-order valence-corrected chi connectivity index (χ2v) is 9.87. The number of nitrogens with zero attached hydrogens (tertiary/aromatic N) is 3. The van der Waals surface area contributed by atoms with Crippen molar-refractivity contribution >= 4 is 22.7 Å². The van der Waals surface area contributed by atoms with Gasteiger partial charge in [-0.15, -0.1) is 0 Å². The first-order valence-corrected chi connectivity index (χ1v) is 12.2. The zero-order valence-electron chi connectivity index (χ0n) is 20.1. The van der Waals surface area contributed by atoms with E-state index in [4.69, 9.17) is 9.47 Å². The van der Waals surface area contributed by atoms with Crippen LogP contribution in [0.1, 0.15) is 57.6 Å². The Kier molecular flexibility index (Phi) is 5.73. The summed E-state index contributed by atoms with van der Waals surface area (Å²) in [7, 11) is 1.73. The Morgan fingerprint density at radius 1 is 1.21 bits per heavy atom. The summed E-state index contributed by atoms with van der Waals surface area (Å²) in [5.41, 5.74) is 4.55. The standard InChI is InChI=1S/C28H31N3O3/c1-4-33-22-12-13-23-24(17-29)26(31(25(23)16-22)21-6-5-7-21)19-8-10-20(11-9-19)30(3)27(32)34-18-28(2)14-15-28/h8-13,16,21H,4-7,14-15,18H2,1-3H3. The molecule has 2 fully saturated rings. The van der Waals surface area contributed by atoms with Crippen molar-refractivity contribution in [1.29, 1.82) is 5.26 Å². The smallest absolute Gasteiger partial charge is 0.414 e. The highest BCUT2D eigenvalue weighted by molar-refractivity contribution is 5.96. The van der Waals surface area contributed by atoms with Crippen LogP contribution >= 0.6 is 0 Å². The lowest BCUT2D eigenvalue weighted by Crippen LogP contribution is -2.28. The summed E-state index contributed by atoms with van der Waals surface area (Å²) < 4.78 is 13.6. The summed E-state index contributed by atoms with van der Waals surface area (Å²) in [5, 5.41) is 11.1. The van der Waals surface area contributed by atoms with Crippen molar-refractivity contribution in [1.82, 2.24) is 4.57 Å². The fourth-order valence-corrected chi connectivity index (χ4v) is 4.61. The number of amides is 1. The number of anilines is 1. The maximum absolute atomic E-state index is 12.5. The first kappa shape index (κ1) is 22.3. The van der Waals surface area contributed by atoms with Crippen molar-refractivity contribution in [2.75, 3.05) is 25.2 Å². The van der Waals surface area contributed by atoms with Crippen LogP contribution in [0.25, 0.3) is 22.2 Å². The summed E-state index contributed by atoms with van der Waals surface area (Å²) in [6, 6.07) is 16.7. The Morgan fingerprint density at radius 3 is 2.53 bits per heavy atom. The van der Waals surface area contributed by atoms with Gasteiger partial charge in [-0.25, -0.2) is 4.79 Å². The van der Waals surface area contributed by atoms with E-state index in [-0.39, 0.29) is 11.5 Å². The molecule has 2 saturated carbocycles. The van der Waals surface area contributed by atoms with Crippen molar-refractivity contribution in [3.8, 4) is 23.1 Å². The summed E-state index contributed by atoms with van der Waals surface area (Å²) in [6.07, 6.45) is 5.28. The normalized spacial score (nSPS) is 16.5. The maximum atomic E-state index is 12.5. The lowest BCUT2D eigenvalue weighted by atomic mass is 9.92. The molecule has 1 heterocycles. The number of rotatable bonds is 7. The lowest BCUT2D eigenvalue weighted by molar-refractivity contribution is 0.133. The molecule has 0 spiro atoms. The van der Waals surface area contributed by atoms with E-state index >= 15 is 0 Å². The minimum absolute atomic E-state index is 0.158. The quantitative estimate of drug-likeness (QED) is 0.397. The van der Waals surface area contributed by atoms with E-state index in [1.165, 1.54) is 11.3 Å². The van der Waals surface area contributed by atoms with Crippen LogP contribution in [0, 0.1) is 16.7 Å². The highest BCUT2D eigenvalue weighted by atomic mass is 16.6. The van der Waals surface area contributed by atoms with Crippen LogP contribution in [0.15, 0.2) is 42.5 Å². The van der Waals surface area contributed by atoms with Gasteiger partial charge in [0, 0.05) is 35.6 Å². The van der Waals surface area contributed by atoms with Gasteiger partial charge in [0.05, 0.1) is 30.0 Å². The Hall–Kier alpha value is -3.46. The summed E-state index contributed by atoms with van der Waals surface area (Å²) in [6.45, 7) is 5.18. The third kappa shape index (κ3) is 4.00. The third-order valence-corrected chi connectivity index (χ3v) is 7.29. The van der Waals surface area contributed by atoms with Gasteiger partial charge in [0.25, 0.3) is 0 Å². The number of hydrogen-bond donors (Lipinski definition) is 0. The molecule has 1 amide bonds. The molecule has 5 rings (SSSR count). The molecule has 6 heteroatoms. The van der Waals surface area contributed by atoms with Gasteiger partial charge in [-0.1, -0.05) is 19.1 Å². The number of fused-ring (bicyclic) bond motifs is 1. The van der Waals surface area contributed by atoms with Crippen LogP contribution in [-0.4, -0.2) is 30.9 Å². The molecule has 3 aromatic rings. The van der Waals surface area contributed by atoms with E-state index in [2.05, 4.69) is 23.6 Å². The maximum Gasteiger partial charge on any atom is 0.414 e. The molecule has 0 N–H and O–H groups in total. The predicted octanol–water partition coefficient (Wildman–Crippen LogP) is 6.68. The van der Waals surface area contributed by atoms with Gasteiger partial charge < -0.3 is 14.0 Å². The molecule has 1 aromatic heterocycles. The van der Waals surface area contributed by atoms with Crippen molar-refractivity contribution in [3.63, 3.8) is 0 Å². The predicted molar refractivity (Wildman–Crippen MR) is 133 cm³/mol. The van der Waals surface area contributed by atoms with Gasteiger partial charge in [0.1, 0.15) is 11.8 Å². The number of nitriles is 1. The zero-order chi connectivity index (χ0) is 23.9. The molecule has 0 saturated heterocycles. The summed E-state index contributed by atoms with van der Waals surface area (Å²) >= 11 is 0. The molecular weight excluding hydrogens is 426 g/mol. The van der Waals surface area contributed by atoms with Crippen LogP contribution in [-0.2, 0) is 4.74 Å². The summed E-state index contributed by atoms with van der Waals surface area (Å²) in [5.74, 6) is 0.819.